The SMILES string of the molecule is CC1=CNN(C)[C@@H]1C. The molecule has 2 nitrogen and oxygen atoms in total. The summed E-state index contributed by atoms with van der Waals surface area (Å²) in [5.41, 5.74) is 4.49. The molecule has 1 aliphatic heterocycles. The number of nitrogens with zero attached hydrogens (tertiary/aromatic N) is 1. The molecule has 1 heterocycles. The van der Waals surface area contributed by atoms with Crippen LogP contribution >= 0.6 is 0 Å². The smallest absolute Gasteiger partial charge is 0.0483 e. The Bertz CT molecular complexity index is 118. The zero-order chi connectivity index (χ0) is 6.15. The highest BCUT2D eigenvalue weighted by molar-refractivity contribution is 5.09. The lowest BCUT2D eigenvalue weighted by molar-refractivity contribution is 0.261. The van der Waals surface area contributed by atoms with E-state index in [0.29, 0.717) is 6.04 Å². The van der Waals surface area contributed by atoms with Gasteiger partial charge in [-0.3, -0.25) is 0 Å². The summed E-state index contributed by atoms with van der Waals surface area (Å²) in [6, 6.07) is 0.565. The molecule has 2 heteroatoms. The number of likely N-dealkylation sites (N-methyl/N-ethyl adjacent to an activating group) is 1. The molecule has 0 radical (unpaired) electrons. The maximum atomic E-state index is 3.09. The molecule has 0 bridgehead atoms. The van der Waals surface area contributed by atoms with Crippen molar-refractivity contribution >= 4 is 0 Å². The fraction of sp³-hybridized carbons (Fsp3) is 0.667. The van der Waals surface area contributed by atoms with Crippen LogP contribution in [-0.2, 0) is 0 Å². The van der Waals surface area contributed by atoms with Crippen LogP contribution < -0.4 is 5.43 Å². The summed E-state index contributed by atoms with van der Waals surface area (Å²) >= 11 is 0. The lowest BCUT2D eigenvalue weighted by Gasteiger charge is -2.15. The normalized spacial score (nSPS) is 29.9. The van der Waals surface area contributed by atoms with Gasteiger partial charge >= 0.3 is 0 Å². The van der Waals surface area contributed by atoms with E-state index in [0.717, 1.165) is 0 Å². The summed E-state index contributed by atoms with van der Waals surface area (Å²) < 4.78 is 0. The van der Waals surface area contributed by atoms with Crippen molar-refractivity contribution in [1.82, 2.24) is 10.4 Å². The average molecular weight is 112 g/mol. The minimum Gasteiger partial charge on any atom is -0.326 e. The predicted molar refractivity (Wildman–Crippen MR) is 34.1 cm³/mol. The van der Waals surface area contributed by atoms with E-state index in [-0.39, 0.29) is 0 Å². The zero-order valence-corrected chi connectivity index (χ0v) is 5.60. The molecule has 0 aromatic rings. The molecule has 0 aromatic carbocycles. The van der Waals surface area contributed by atoms with Crippen LogP contribution in [0.2, 0.25) is 0 Å². The van der Waals surface area contributed by atoms with Gasteiger partial charge in [0.1, 0.15) is 0 Å². The monoisotopic (exact) mass is 112 g/mol. The van der Waals surface area contributed by atoms with Crippen molar-refractivity contribution in [2.24, 2.45) is 0 Å². The Kier molecular flexibility index (Phi) is 1.26. The van der Waals surface area contributed by atoms with Gasteiger partial charge in [-0.25, -0.2) is 5.01 Å². The third kappa shape index (κ3) is 0.713. The van der Waals surface area contributed by atoms with E-state index < -0.39 is 0 Å². The summed E-state index contributed by atoms with van der Waals surface area (Å²) in [7, 11) is 2.04. The van der Waals surface area contributed by atoms with E-state index in [1.807, 2.05) is 13.2 Å². The highest BCUT2D eigenvalue weighted by Crippen LogP contribution is 2.09. The molecule has 0 amide bonds. The molecule has 1 aliphatic rings. The second-order valence-corrected chi connectivity index (χ2v) is 2.30. The van der Waals surface area contributed by atoms with Crippen LogP contribution in [0.25, 0.3) is 0 Å². The maximum absolute atomic E-state index is 3.09. The van der Waals surface area contributed by atoms with Crippen LogP contribution in [0, 0.1) is 0 Å². The summed E-state index contributed by atoms with van der Waals surface area (Å²) in [6.45, 7) is 4.30. The van der Waals surface area contributed by atoms with Crippen LogP contribution in [0.15, 0.2) is 11.8 Å². The predicted octanol–water partition coefficient (Wildman–Crippen LogP) is 0.729. The van der Waals surface area contributed by atoms with Gasteiger partial charge in [0, 0.05) is 19.3 Å². The van der Waals surface area contributed by atoms with E-state index in [9.17, 15) is 0 Å². The van der Waals surface area contributed by atoms with Crippen LogP contribution in [0.4, 0.5) is 0 Å². The first-order chi connectivity index (χ1) is 3.72. The zero-order valence-electron chi connectivity index (χ0n) is 5.60. The topological polar surface area (TPSA) is 15.3 Å². The summed E-state index contributed by atoms with van der Waals surface area (Å²) in [4.78, 5) is 0. The molecule has 1 N–H and O–H groups in total. The third-order valence-electron chi connectivity index (χ3n) is 1.74. The van der Waals surface area contributed by atoms with E-state index >= 15 is 0 Å². The number of rotatable bonds is 0. The highest BCUT2D eigenvalue weighted by atomic mass is 15.5. The molecule has 1 rings (SSSR count). The Morgan fingerprint density at radius 3 is 2.50 bits per heavy atom. The van der Waals surface area contributed by atoms with E-state index in [1.54, 1.807) is 0 Å². The van der Waals surface area contributed by atoms with Gasteiger partial charge in [-0.2, -0.15) is 0 Å². The molecule has 0 saturated carbocycles. The van der Waals surface area contributed by atoms with Crippen molar-refractivity contribution in [3.8, 4) is 0 Å². The molecule has 46 valence electrons. The van der Waals surface area contributed by atoms with Gasteiger partial charge < -0.3 is 5.43 Å². The van der Waals surface area contributed by atoms with Crippen molar-refractivity contribution in [3.05, 3.63) is 11.8 Å². The molecule has 0 unspecified atom stereocenters. The minimum atomic E-state index is 0.565. The van der Waals surface area contributed by atoms with Crippen LogP contribution in [0.3, 0.4) is 0 Å². The summed E-state index contributed by atoms with van der Waals surface area (Å²) in [5.74, 6) is 0. The quantitative estimate of drug-likeness (QED) is 0.497. The van der Waals surface area contributed by atoms with E-state index in [1.165, 1.54) is 5.57 Å². The van der Waals surface area contributed by atoms with Gasteiger partial charge in [0.25, 0.3) is 0 Å². The second kappa shape index (κ2) is 1.78. The first kappa shape index (κ1) is 5.63. The Labute approximate surface area is 50.1 Å². The van der Waals surface area contributed by atoms with Gasteiger partial charge in [0.05, 0.1) is 0 Å². The van der Waals surface area contributed by atoms with Gasteiger partial charge in [-0.05, 0) is 19.4 Å². The first-order valence-corrected chi connectivity index (χ1v) is 2.87. The Morgan fingerprint density at radius 2 is 2.38 bits per heavy atom. The van der Waals surface area contributed by atoms with E-state index in [2.05, 4.69) is 24.3 Å². The molecule has 0 aliphatic carbocycles. The lowest BCUT2D eigenvalue weighted by Crippen LogP contribution is -2.31. The Balaban J connectivity index is 2.59. The molecule has 0 spiro atoms. The maximum Gasteiger partial charge on any atom is 0.0483 e. The van der Waals surface area contributed by atoms with Gasteiger partial charge in [-0.15, -0.1) is 0 Å². The molecule has 1 atom stereocenters. The van der Waals surface area contributed by atoms with Gasteiger partial charge in [0.2, 0.25) is 0 Å². The van der Waals surface area contributed by atoms with E-state index in [4.69, 9.17) is 0 Å². The fourth-order valence-electron chi connectivity index (χ4n) is 0.741. The van der Waals surface area contributed by atoms with Crippen molar-refractivity contribution in [2.45, 2.75) is 19.9 Å². The number of hydrogen-bond acceptors (Lipinski definition) is 2. The molecule has 0 aromatic heterocycles. The van der Waals surface area contributed by atoms with Crippen molar-refractivity contribution in [2.75, 3.05) is 7.05 Å². The molecular formula is C6H12N2. The molecular weight excluding hydrogens is 100 g/mol. The molecule has 8 heavy (non-hydrogen) atoms. The van der Waals surface area contributed by atoms with Gasteiger partial charge in [-0.1, -0.05) is 0 Å². The second-order valence-electron chi connectivity index (χ2n) is 2.30. The minimum absolute atomic E-state index is 0.565. The van der Waals surface area contributed by atoms with Crippen LogP contribution in [0.1, 0.15) is 13.8 Å². The number of hydrogen-bond donors (Lipinski definition) is 1. The fourth-order valence-corrected chi connectivity index (χ4v) is 0.741. The third-order valence-corrected chi connectivity index (χ3v) is 1.74. The highest BCUT2D eigenvalue weighted by Gasteiger charge is 2.14. The first-order valence-electron chi connectivity index (χ1n) is 2.87. The van der Waals surface area contributed by atoms with Gasteiger partial charge in [0.15, 0.2) is 0 Å². The van der Waals surface area contributed by atoms with Crippen LogP contribution in [0.5, 0.6) is 0 Å². The Hall–Kier alpha value is -0.500. The number of hydrazine groups is 1. The van der Waals surface area contributed by atoms with Crippen molar-refractivity contribution < 1.29 is 0 Å². The Morgan fingerprint density at radius 1 is 1.75 bits per heavy atom. The lowest BCUT2D eigenvalue weighted by atomic mass is 10.2. The largest absolute Gasteiger partial charge is 0.326 e. The van der Waals surface area contributed by atoms with Crippen molar-refractivity contribution in [1.29, 1.82) is 0 Å². The molecule has 0 saturated heterocycles. The van der Waals surface area contributed by atoms with Crippen molar-refractivity contribution in [3.63, 3.8) is 0 Å². The standard InChI is InChI=1S/C6H12N2/c1-5-4-7-8(3)6(5)2/h4,6-7H,1-3H3/t6-/m1/s1. The summed E-state index contributed by atoms with van der Waals surface area (Å²) in [6.07, 6.45) is 2.03. The summed E-state index contributed by atoms with van der Waals surface area (Å²) in [5, 5.41) is 2.08. The molecule has 0 fully saturated rings. The average Bonchev–Trinajstić information content (AvgIpc) is 1.98. The van der Waals surface area contributed by atoms with Crippen LogP contribution in [-0.4, -0.2) is 18.1 Å². The number of nitrogens with one attached hydrogen (secondary N) is 1.